The van der Waals surface area contributed by atoms with E-state index in [1.165, 1.54) is 16.9 Å². The standard InChI is InChI=1S/C13H10N2O3/c1-6-3-7-10(9(16)4-6)12(17)8-5-14-15(2)11(8)13(7)18/h3-5,16H,1-2H3. The summed E-state index contributed by atoms with van der Waals surface area (Å²) in [5, 5.41) is 13.8. The van der Waals surface area contributed by atoms with E-state index >= 15 is 0 Å². The summed E-state index contributed by atoms with van der Waals surface area (Å²) in [6.07, 6.45) is 1.36. The number of ketones is 2. The molecule has 0 bridgehead atoms. The molecule has 90 valence electrons. The van der Waals surface area contributed by atoms with Crippen LogP contribution in [0.25, 0.3) is 0 Å². The summed E-state index contributed by atoms with van der Waals surface area (Å²) in [6, 6.07) is 3.09. The van der Waals surface area contributed by atoms with Gasteiger partial charge in [0.05, 0.1) is 17.3 Å². The van der Waals surface area contributed by atoms with E-state index in [-0.39, 0.29) is 39.7 Å². The van der Waals surface area contributed by atoms with Gasteiger partial charge in [0.25, 0.3) is 0 Å². The van der Waals surface area contributed by atoms with Crippen LogP contribution >= 0.6 is 0 Å². The molecule has 0 aliphatic heterocycles. The smallest absolute Gasteiger partial charge is 0.212 e. The first-order chi connectivity index (χ1) is 8.50. The molecule has 2 aromatic rings. The van der Waals surface area contributed by atoms with E-state index < -0.39 is 0 Å². The normalized spacial score (nSPS) is 13.4. The lowest BCUT2D eigenvalue weighted by molar-refractivity contribution is 0.0971. The Kier molecular flexibility index (Phi) is 1.96. The van der Waals surface area contributed by atoms with E-state index in [9.17, 15) is 14.7 Å². The summed E-state index contributed by atoms with van der Waals surface area (Å²) >= 11 is 0. The molecule has 1 aliphatic rings. The first kappa shape index (κ1) is 10.7. The van der Waals surface area contributed by atoms with Gasteiger partial charge in [-0.3, -0.25) is 14.3 Å². The van der Waals surface area contributed by atoms with Crippen LogP contribution in [0.1, 0.15) is 37.5 Å². The lowest BCUT2D eigenvalue weighted by Crippen LogP contribution is -2.22. The first-order valence-electron chi connectivity index (χ1n) is 5.45. The van der Waals surface area contributed by atoms with Crippen molar-refractivity contribution in [2.75, 3.05) is 0 Å². The zero-order valence-electron chi connectivity index (χ0n) is 9.89. The summed E-state index contributed by atoms with van der Waals surface area (Å²) in [5.74, 6) is -0.790. The number of rotatable bonds is 0. The minimum atomic E-state index is -0.356. The van der Waals surface area contributed by atoms with Crippen LogP contribution in [-0.2, 0) is 7.05 Å². The molecule has 0 radical (unpaired) electrons. The molecule has 0 unspecified atom stereocenters. The number of phenols is 1. The van der Waals surface area contributed by atoms with Gasteiger partial charge >= 0.3 is 0 Å². The Bertz CT molecular complexity index is 713. The van der Waals surface area contributed by atoms with Crippen LogP contribution in [0.4, 0.5) is 0 Å². The van der Waals surface area contributed by atoms with E-state index in [4.69, 9.17) is 0 Å². The number of aromatic hydroxyl groups is 1. The molecule has 5 nitrogen and oxygen atoms in total. The third-order valence-electron chi connectivity index (χ3n) is 3.13. The van der Waals surface area contributed by atoms with Crippen molar-refractivity contribution in [3.8, 4) is 5.75 Å². The molecule has 3 rings (SSSR count). The minimum Gasteiger partial charge on any atom is -0.507 e. The average Bonchev–Trinajstić information content (AvgIpc) is 2.68. The van der Waals surface area contributed by atoms with Gasteiger partial charge in [-0.2, -0.15) is 5.10 Å². The molecule has 0 saturated heterocycles. The van der Waals surface area contributed by atoms with E-state index in [1.54, 1.807) is 20.0 Å². The van der Waals surface area contributed by atoms with Crippen LogP contribution in [0, 0.1) is 6.92 Å². The molecule has 0 fully saturated rings. The molecule has 0 saturated carbocycles. The highest BCUT2D eigenvalue weighted by Gasteiger charge is 2.34. The van der Waals surface area contributed by atoms with Crippen molar-refractivity contribution in [1.29, 1.82) is 0 Å². The fourth-order valence-corrected chi connectivity index (χ4v) is 2.32. The summed E-state index contributed by atoms with van der Waals surface area (Å²) in [7, 11) is 1.62. The summed E-state index contributed by atoms with van der Waals surface area (Å²) in [5.41, 5.74) is 1.57. The number of carbonyl (C=O) groups excluding carboxylic acids is 2. The quantitative estimate of drug-likeness (QED) is 0.643. The largest absolute Gasteiger partial charge is 0.507 e. The molecule has 1 heterocycles. The van der Waals surface area contributed by atoms with Gasteiger partial charge in [0.2, 0.25) is 11.6 Å². The van der Waals surface area contributed by atoms with Crippen molar-refractivity contribution in [2.45, 2.75) is 6.92 Å². The van der Waals surface area contributed by atoms with E-state index in [1.807, 2.05) is 0 Å². The van der Waals surface area contributed by atoms with Crippen LogP contribution in [0.3, 0.4) is 0 Å². The highest BCUT2D eigenvalue weighted by atomic mass is 16.3. The molecule has 1 aromatic heterocycles. The van der Waals surface area contributed by atoms with Gasteiger partial charge in [0.1, 0.15) is 11.4 Å². The minimum absolute atomic E-state index is 0.0751. The third-order valence-corrected chi connectivity index (χ3v) is 3.13. The Labute approximate surface area is 103 Å². The lowest BCUT2D eigenvalue weighted by Gasteiger charge is -2.16. The number of nitrogens with zero attached hydrogens (tertiary/aromatic N) is 2. The number of carbonyl (C=O) groups is 2. The number of hydrogen-bond donors (Lipinski definition) is 1. The van der Waals surface area contributed by atoms with Gasteiger partial charge in [-0.1, -0.05) is 0 Å². The van der Waals surface area contributed by atoms with Gasteiger partial charge in [0.15, 0.2) is 0 Å². The maximum absolute atomic E-state index is 12.3. The maximum atomic E-state index is 12.3. The van der Waals surface area contributed by atoms with Crippen molar-refractivity contribution in [3.63, 3.8) is 0 Å². The summed E-state index contributed by atoms with van der Waals surface area (Å²) in [6.45, 7) is 1.76. The molecule has 0 amide bonds. The Hall–Kier alpha value is -2.43. The highest BCUT2D eigenvalue weighted by molar-refractivity contribution is 6.28. The van der Waals surface area contributed by atoms with E-state index in [0.29, 0.717) is 0 Å². The van der Waals surface area contributed by atoms with Gasteiger partial charge in [-0.25, -0.2) is 0 Å². The van der Waals surface area contributed by atoms with Crippen molar-refractivity contribution in [2.24, 2.45) is 7.05 Å². The molecule has 0 spiro atoms. The molecule has 1 aliphatic carbocycles. The average molecular weight is 242 g/mol. The topological polar surface area (TPSA) is 72.2 Å². The number of hydrogen-bond acceptors (Lipinski definition) is 4. The SMILES string of the molecule is Cc1cc(O)c2c(c1)C(=O)c1c(cnn1C)C2=O. The van der Waals surface area contributed by atoms with E-state index in [0.717, 1.165) is 5.56 Å². The first-order valence-corrected chi connectivity index (χ1v) is 5.45. The number of aromatic nitrogens is 2. The van der Waals surface area contributed by atoms with Crippen molar-refractivity contribution in [1.82, 2.24) is 9.78 Å². The Morgan fingerprint density at radius 3 is 2.61 bits per heavy atom. The zero-order valence-corrected chi connectivity index (χ0v) is 9.89. The zero-order chi connectivity index (χ0) is 13.0. The second-order valence-electron chi connectivity index (χ2n) is 4.40. The fourth-order valence-electron chi connectivity index (χ4n) is 2.32. The predicted molar refractivity (Wildman–Crippen MR) is 62.9 cm³/mol. The molecule has 18 heavy (non-hydrogen) atoms. The van der Waals surface area contributed by atoms with Crippen LogP contribution in [-0.4, -0.2) is 26.5 Å². The second kappa shape index (κ2) is 3.29. The van der Waals surface area contributed by atoms with Gasteiger partial charge in [-0.15, -0.1) is 0 Å². The number of fused-ring (bicyclic) bond motifs is 2. The lowest BCUT2D eigenvalue weighted by atomic mass is 9.86. The van der Waals surface area contributed by atoms with E-state index in [2.05, 4.69) is 5.10 Å². The van der Waals surface area contributed by atoms with Crippen LogP contribution in [0.2, 0.25) is 0 Å². The summed E-state index contributed by atoms with van der Waals surface area (Å²) in [4.78, 5) is 24.5. The Morgan fingerprint density at radius 1 is 1.17 bits per heavy atom. The van der Waals surface area contributed by atoms with Crippen molar-refractivity contribution < 1.29 is 14.7 Å². The van der Waals surface area contributed by atoms with Gasteiger partial charge < -0.3 is 5.11 Å². The van der Waals surface area contributed by atoms with Crippen LogP contribution in [0.15, 0.2) is 18.3 Å². The molecule has 1 N–H and O–H groups in total. The van der Waals surface area contributed by atoms with Crippen molar-refractivity contribution in [3.05, 3.63) is 46.3 Å². The molecular weight excluding hydrogens is 232 g/mol. The Morgan fingerprint density at radius 2 is 1.89 bits per heavy atom. The van der Waals surface area contributed by atoms with Crippen molar-refractivity contribution >= 4 is 11.6 Å². The summed E-state index contributed by atoms with van der Waals surface area (Å²) < 4.78 is 1.39. The predicted octanol–water partition coefficient (Wildman–Crippen LogP) is 1.21. The number of aryl methyl sites for hydroxylation is 2. The number of benzene rings is 1. The van der Waals surface area contributed by atoms with Gasteiger partial charge in [-0.05, 0) is 24.6 Å². The molecule has 1 aromatic carbocycles. The van der Waals surface area contributed by atoms with Gasteiger partial charge in [0, 0.05) is 12.6 Å². The fraction of sp³-hybridized carbons (Fsp3) is 0.154. The molecular formula is C13H10N2O3. The molecule has 0 atom stereocenters. The third kappa shape index (κ3) is 1.18. The highest BCUT2D eigenvalue weighted by Crippen LogP contribution is 2.33. The Balaban J connectivity index is 2.39. The number of phenolic OH excluding ortho intramolecular Hbond substituents is 1. The maximum Gasteiger partial charge on any atom is 0.212 e. The van der Waals surface area contributed by atoms with Crippen LogP contribution < -0.4 is 0 Å². The monoisotopic (exact) mass is 242 g/mol. The second-order valence-corrected chi connectivity index (χ2v) is 4.40. The molecule has 5 heteroatoms. The van der Waals surface area contributed by atoms with Crippen LogP contribution in [0.5, 0.6) is 5.75 Å².